The van der Waals surface area contributed by atoms with Crippen molar-refractivity contribution in [3.8, 4) is 23.5 Å². The highest BCUT2D eigenvalue weighted by Crippen LogP contribution is 2.26. The SMILES string of the molecule is CC(C)(C)c1ccc(-c2nnc(SCC(=O)N(CCC#N)CCC#N)n2N)cc1. The monoisotopic (exact) mass is 411 g/mol. The Kier molecular flexibility index (Phi) is 7.63. The zero-order valence-electron chi connectivity index (χ0n) is 16.9. The molecule has 0 bridgehead atoms. The molecular weight excluding hydrogens is 386 g/mol. The molecule has 0 spiro atoms. The summed E-state index contributed by atoms with van der Waals surface area (Å²) in [4.78, 5) is 14.0. The highest BCUT2D eigenvalue weighted by Gasteiger charge is 2.18. The first-order chi connectivity index (χ1) is 13.8. The minimum absolute atomic E-state index is 0.0548. The number of hydrogen-bond donors (Lipinski definition) is 1. The van der Waals surface area contributed by atoms with Crippen LogP contribution < -0.4 is 5.84 Å². The molecular formula is C20H25N7OS. The normalized spacial score (nSPS) is 10.9. The fourth-order valence-corrected chi connectivity index (χ4v) is 3.40. The molecule has 0 aliphatic carbocycles. The number of carbonyl (C=O) groups excluding carboxylic acids is 1. The Morgan fingerprint density at radius 2 is 1.72 bits per heavy atom. The van der Waals surface area contributed by atoms with E-state index in [1.165, 1.54) is 26.9 Å². The van der Waals surface area contributed by atoms with Crippen molar-refractivity contribution >= 4 is 17.7 Å². The molecule has 1 heterocycles. The van der Waals surface area contributed by atoms with Crippen LogP contribution in [0, 0.1) is 22.7 Å². The Hall–Kier alpha value is -3.04. The molecule has 0 unspecified atom stereocenters. The van der Waals surface area contributed by atoms with E-state index in [1.54, 1.807) is 0 Å². The summed E-state index contributed by atoms with van der Waals surface area (Å²) >= 11 is 1.18. The van der Waals surface area contributed by atoms with E-state index in [2.05, 4.69) is 31.0 Å². The number of nitrogens with zero attached hydrogens (tertiary/aromatic N) is 6. The van der Waals surface area contributed by atoms with Crippen LogP contribution in [0.3, 0.4) is 0 Å². The minimum Gasteiger partial charge on any atom is -0.340 e. The van der Waals surface area contributed by atoms with Gasteiger partial charge in [-0.3, -0.25) is 4.79 Å². The lowest BCUT2D eigenvalue weighted by Gasteiger charge is -2.19. The van der Waals surface area contributed by atoms with E-state index in [0.29, 0.717) is 24.1 Å². The number of thioether (sulfide) groups is 1. The number of nitrogens with two attached hydrogens (primary N) is 1. The fraction of sp³-hybridized carbons (Fsp3) is 0.450. The van der Waals surface area contributed by atoms with Gasteiger partial charge in [0.05, 0.1) is 30.7 Å². The number of rotatable bonds is 8. The molecule has 2 N–H and O–H groups in total. The van der Waals surface area contributed by atoms with Crippen LogP contribution in [0.1, 0.15) is 39.2 Å². The van der Waals surface area contributed by atoms with Crippen molar-refractivity contribution in [1.82, 2.24) is 19.8 Å². The second-order valence-electron chi connectivity index (χ2n) is 7.49. The van der Waals surface area contributed by atoms with Crippen LogP contribution in [0.5, 0.6) is 0 Å². The van der Waals surface area contributed by atoms with E-state index in [-0.39, 0.29) is 29.9 Å². The van der Waals surface area contributed by atoms with Crippen LogP contribution in [0.4, 0.5) is 0 Å². The molecule has 29 heavy (non-hydrogen) atoms. The Labute approximate surface area is 175 Å². The second kappa shape index (κ2) is 9.94. The molecule has 0 aliphatic heterocycles. The van der Waals surface area contributed by atoms with Crippen LogP contribution in [-0.4, -0.2) is 44.5 Å². The molecule has 2 rings (SSSR count). The van der Waals surface area contributed by atoms with Gasteiger partial charge in [0.2, 0.25) is 11.1 Å². The third kappa shape index (κ3) is 5.97. The maximum absolute atomic E-state index is 12.4. The van der Waals surface area contributed by atoms with Gasteiger partial charge < -0.3 is 10.7 Å². The summed E-state index contributed by atoms with van der Waals surface area (Å²) in [5.41, 5.74) is 2.11. The van der Waals surface area contributed by atoms with Crippen molar-refractivity contribution in [1.29, 1.82) is 10.5 Å². The zero-order valence-corrected chi connectivity index (χ0v) is 17.7. The van der Waals surface area contributed by atoms with E-state index in [1.807, 2.05) is 36.4 Å². The van der Waals surface area contributed by atoms with Gasteiger partial charge in [-0.1, -0.05) is 56.8 Å². The molecule has 0 aliphatic rings. The van der Waals surface area contributed by atoms with E-state index >= 15 is 0 Å². The van der Waals surface area contributed by atoms with Crippen LogP contribution in [0.25, 0.3) is 11.4 Å². The summed E-state index contributed by atoms with van der Waals surface area (Å²) in [6, 6.07) is 12.0. The largest absolute Gasteiger partial charge is 0.340 e. The molecule has 0 saturated heterocycles. The first-order valence-corrected chi connectivity index (χ1v) is 10.2. The van der Waals surface area contributed by atoms with Gasteiger partial charge in [0, 0.05) is 18.7 Å². The zero-order chi connectivity index (χ0) is 21.4. The Bertz CT molecular complexity index is 898. The molecule has 1 aromatic heterocycles. The third-order valence-electron chi connectivity index (χ3n) is 4.34. The summed E-state index contributed by atoms with van der Waals surface area (Å²) in [6.45, 7) is 7.05. The van der Waals surface area contributed by atoms with E-state index in [0.717, 1.165) is 5.56 Å². The first kappa shape index (κ1) is 22.3. The van der Waals surface area contributed by atoms with Crippen molar-refractivity contribution in [2.24, 2.45) is 0 Å². The van der Waals surface area contributed by atoms with Gasteiger partial charge in [0.15, 0.2) is 5.82 Å². The Morgan fingerprint density at radius 1 is 1.14 bits per heavy atom. The number of nitriles is 2. The van der Waals surface area contributed by atoms with Gasteiger partial charge in [-0.15, -0.1) is 10.2 Å². The fourth-order valence-electron chi connectivity index (χ4n) is 2.64. The maximum atomic E-state index is 12.4. The molecule has 1 aromatic carbocycles. The van der Waals surface area contributed by atoms with Gasteiger partial charge >= 0.3 is 0 Å². The molecule has 0 fully saturated rings. The average molecular weight is 412 g/mol. The Morgan fingerprint density at radius 3 is 2.24 bits per heavy atom. The van der Waals surface area contributed by atoms with Crippen LogP contribution in [0.2, 0.25) is 0 Å². The van der Waals surface area contributed by atoms with Crippen molar-refractivity contribution in [2.75, 3.05) is 24.7 Å². The molecule has 1 amide bonds. The van der Waals surface area contributed by atoms with E-state index in [4.69, 9.17) is 16.4 Å². The highest BCUT2D eigenvalue weighted by molar-refractivity contribution is 7.99. The highest BCUT2D eigenvalue weighted by atomic mass is 32.2. The Balaban J connectivity index is 2.06. The number of hydrogen-bond acceptors (Lipinski definition) is 7. The molecule has 0 radical (unpaired) electrons. The maximum Gasteiger partial charge on any atom is 0.233 e. The van der Waals surface area contributed by atoms with Gasteiger partial charge in [-0.05, 0) is 11.0 Å². The third-order valence-corrected chi connectivity index (χ3v) is 5.27. The second-order valence-corrected chi connectivity index (χ2v) is 8.43. The van der Waals surface area contributed by atoms with Crippen LogP contribution in [-0.2, 0) is 10.2 Å². The van der Waals surface area contributed by atoms with Gasteiger partial charge in [0.25, 0.3) is 0 Å². The molecule has 152 valence electrons. The quantitative estimate of drug-likeness (QED) is 0.523. The summed E-state index contributed by atoms with van der Waals surface area (Å²) < 4.78 is 1.37. The number of nitrogen functional groups attached to an aromatic ring is 1. The number of carbonyl (C=O) groups is 1. The summed E-state index contributed by atoms with van der Waals surface area (Å²) in [7, 11) is 0. The summed E-state index contributed by atoms with van der Waals surface area (Å²) in [6.07, 6.45) is 0.452. The van der Waals surface area contributed by atoms with Crippen molar-refractivity contribution < 1.29 is 4.79 Å². The standard InChI is InChI=1S/C20H25N7OS/c1-20(2,3)16-8-6-15(7-9-16)18-24-25-19(27(18)23)29-14-17(28)26(12-4-10-21)13-5-11-22/h6-9H,4-5,12-14,23H2,1-3H3. The van der Waals surface area contributed by atoms with Crippen LogP contribution in [0.15, 0.2) is 29.4 Å². The summed E-state index contributed by atoms with van der Waals surface area (Å²) in [5.74, 6) is 6.60. The lowest BCUT2D eigenvalue weighted by molar-refractivity contribution is -0.128. The van der Waals surface area contributed by atoms with E-state index in [9.17, 15) is 4.79 Å². The predicted molar refractivity (Wildman–Crippen MR) is 112 cm³/mol. The van der Waals surface area contributed by atoms with Crippen LogP contribution >= 0.6 is 11.8 Å². The molecule has 9 heteroatoms. The van der Waals surface area contributed by atoms with Gasteiger partial charge in [-0.2, -0.15) is 10.5 Å². The van der Waals surface area contributed by atoms with Crippen molar-refractivity contribution in [2.45, 2.75) is 44.2 Å². The topological polar surface area (TPSA) is 125 Å². The van der Waals surface area contributed by atoms with Gasteiger partial charge in [-0.25, -0.2) is 4.68 Å². The van der Waals surface area contributed by atoms with Crippen molar-refractivity contribution in [3.05, 3.63) is 29.8 Å². The smallest absolute Gasteiger partial charge is 0.233 e. The van der Waals surface area contributed by atoms with E-state index < -0.39 is 0 Å². The lowest BCUT2D eigenvalue weighted by atomic mass is 9.87. The number of aromatic nitrogens is 3. The molecule has 0 saturated carbocycles. The molecule has 0 atom stereocenters. The summed E-state index contributed by atoms with van der Waals surface area (Å²) in [5, 5.41) is 26.2. The van der Waals surface area contributed by atoms with Crippen molar-refractivity contribution in [3.63, 3.8) is 0 Å². The molecule has 8 nitrogen and oxygen atoms in total. The lowest BCUT2D eigenvalue weighted by Crippen LogP contribution is -2.34. The number of amides is 1. The molecule has 2 aromatic rings. The number of benzene rings is 1. The average Bonchev–Trinajstić information content (AvgIpc) is 3.06. The first-order valence-electron chi connectivity index (χ1n) is 9.23. The van der Waals surface area contributed by atoms with Gasteiger partial charge in [0.1, 0.15) is 0 Å². The predicted octanol–water partition coefficient (Wildman–Crippen LogP) is 2.70. The minimum atomic E-state index is -0.167.